The zero-order valence-electron chi connectivity index (χ0n) is 19.3. The van der Waals surface area contributed by atoms with Crippen molar-refractivity contribution in [3.63, 3.8) is 0 Å². The van der Waals surface area contributed by atoms with Crippen molar-refractivity contribution in [1.82, 2.24) is 29.9 Å². The molecule has 36 heavy (non-hydrogen) atoms. The highest BCUT2D eigenvalue weighted by Gasteiger charge is 2.37. The fourth-order valence-corrected chi connectivity index (χ4v) is 4.16. The number of rotatable bonds is 8. The summed E-state index contributed by atoms with van der Waals surface area (Å²) in [6, 6.07) is 1.30. The molecule has 3 aromatic heterocycles. The average molecular weight is 529 g/mol. The minimum Gasteiger partial charge on any atom is -0.378 e. The van der Waals surface area contributed by atoms with Gasteiger partial charge in [0, 0.05) is 18.8 Å². The van der Waals surface area contributed by atoms with E-state index in [-0.39, 0.29) is 18.1 Å². The van der Waals surface area contributed by atoms with E-state index in [0.717, 1.165) is 18.1 Å². The van der Waals surface area contributed by atoms with Crippen LogP contribution in [0.1, 0.15) is 23.9 Å². The van der Waals surface area contributed by atoms with E-state index in [1.807, 2.05) is 15.6 Å². The SMILES string of the molecule is CC(COCc1cc2n(n1)CCN(c1ncc(S(C)(=O)=O)cn1)C2)Nc1cn[nH]c(=O)c1C(F)(F)F. The van der Waals surface area contributed by atoms with Crippen LogP contribution in [-0.4, -0.2) is 63.8 Å². The zero-order chi connectivity index (χ0) is 26.1. The van der Waals surface area contributed by atoms with Gasteiger partial charge in [-0.05, 0) is 13.0 Å². The van der Waals surface area contributed by atoms with Crippen LogP contribution in [-0.2, 0) is 40.4 Å². The second kappa shape index (κ2) is 9.85. The van der Waals surface area contributed by atoms with E-state index in [1.165, 1.54) is 12.4 Å². The third kappa shape index (κ3) is 5.81. The number of aromatic nitrogens is 6. The molecule has 4 rings (SSSR count). The Morgan fingerprint density at radius 3 is 2.61 bits per heavy atom. The van der Waals surface area contributed by atoms with Crippen LogP contribution >= 0.6 is 0 Å². The van der Waals surface area contributed by atoms with Crippen molar-refractivity contribution in [1.29, 1.82) is 0 Å². The Balaban J connectivity index is 1.33. The molecule has 0 aromatic carbocycles. The highest BCUT2D eigenvalue weighted by atomic mass is 32.2. The number of H-pyrrole nitrogens is 1. The molecule has 1 aliphatic heterocycles. The monoisotopic (exact) mass is 528 g/mol. The maximum atomic E-state index is 13.2. The Morgan fingerprint density at radius 2 is 1.94 bits per heavy atom. The van der Waals surface area contributed by atoms with E-state index in [2.05, 4.69) is 25.5 Å². The van der Waals surface area contributed by atoms with Crippen LogP contribution < -0.4 is 15.8 Å². The summed E-state index contributed by atoms with van der Waals surface area (Å²) in [5.74, 6) is 0.403. The molecule has 0 saturated carbocycles. The summed E-state index contributed by atoms with van der Waals surface area (Å²) in [6.07, 6.45) is -0.280. The quantitative estimate of drug-likeness (QED) is 0.437. The third-order valence-electron chi connectivity index (χ3n) is 5.33. The number of nitrogens with zero attached hydrogens (tertiary/aromatic N) is 6. The fraction of sp³-hybridized carbons (Fsp3) is 0.450. The van der Waals surface area contributed by atoms with Crippen LogP contribution in [0.15, 0.2) is 34.3 Å². The summed E-state index contributed by atoms with van der Waals surface area (Å²) in [6.45, 7) is 3.38. The molecule has 2 N–H and O–H groups in total. The fourth-order valence-electron chi connectivity index (χ4n) is 3.67. The van der Waals surface area contributed by atoms with Gasteiger partial charge in [-0.3, -0.25) is 9.48 Å². The highest BCUT2D eigenvalue weighted by Crippen LogP contribution is 2.31. The van der Waals surface area contributed by atoms with Crippen molar-refractivity contribution in [2.24, 2.45) is 0 Å². The van der Waals surface area contributed by atoms with Crippen molar-refractivity contribution in [3.05, 3.63) is 52.0 Å². The Bertz CT molecular complexity index is 1390. The van der Waals surface area contributed by atoms with E-state index in [9.17, 15) is 26.4 Å². The van der Waals surface area contributed by atoms with Gasteiger partial charge in [0.2, 0.25) is 5.95 Å². The average Bonchev–Trinajstić information content (AvgIpc) is 3.19. The molecule has 0 fully saturated rings. The standard InChI is InChI=1S/C20H23F3N8O4S/c1-12(27-16-8-26-28-18(32)17(16)20(21,22)23)10-35-11-13-5-14-9-30(3-4-31(14)29-13)19-24-6-15(7-25-19)36(2,33)34/h5-8,12H,3-4,9-11H2,1-2H3,(H2,27,28,32). The summed E-state index contributed by atoms with van der Waals surface area (Å²) in [5, 5.41) is 12.3. The Kier molecular flexibility index (Phi) is 6.99. The van der Waals surface area contributed by atoms with Gasteiger partial charge in [-0.15, -0.1) is 0 Å². The first-order valence-corrected chi connectivity index (χ1v) is 12.6. The molecular weight excluding hydrogens is 505 g/mol. The van der Waals surface area contributed by atoms with E-state index >= 15 is 0 Å². The lowest BCUT2D eigenvalue weighted by Gasteiger charge is -2.27. The number of hydrogen-bond donors (Lipinski definition) is 2. The molecule has 0 radical (unpaired) electrons. The van der Waals surface area contributed by atoms with Crippen molar-refractivity contribution in [2.45, 2.75) is 43.7 Å². The number of fused-ring (bicyclic) bond motifs is 1. The molecule has 3 aromatic rings. The maximum absolute atomic E-state index is 13.2. The van der Waals surface area contributed by atoms with Crippen LogP contribution in [0.3, 0.4) is 0 Å². The minimum atomic E-state index is -4.83. The molecule has 16 heteroatoms. The number of halogens is 3. The van der Waals surface area contributed by atoms with Crippen molar-refractivity contribution in [3.8, 4) is 0 Å². The molecule has 0 saturated heterocycles. The lowest BCUT2D eigenvalue weighted by molar-refractivity contribution is -0.138. The smallest absolute Gasteiger partial charge is 0.378 e. The molecular formula is C20H23F3N8O4S. The lowest BCUT2D eigenvalue weighted by atomic mass is 10.2. The molecule has 4 heterocycles. The molecule has 1 unspecified atom stereocenters. The molecule has 0 bridgehead atoms. The maximum Gasteiger partial charge on any atom is 0.423 e. The lowest BCUT2D eigenvalue weighted by Crippen LogP contribution is -2.34. The van der Waals surface area contributed by atoms with Crippen molar-refractivity contribution >= 4 is 21.5 Å². The minimum absolute atomic E-state index is 0.0430. The van der Waals surface area contributed by atoms with Gasteiger partial charge >= 0.3 is 6.18 Å². The van der Waals surface area contributed by atoms with Crippen molar-refractivity contribution in [2.75, 3.05) is 29.6 Å². The molecule has 0 aliphatic carbocycles. The second-order valence-corrected chi connectivity index (χ2v) is 10.3. The van der Waals surface area contributed by atoms with Gasteiger partial charge in [-0.2, -0.15) is 23.4 Å². The normalized spacial score (nSPS) is 15.0. The summed E-state index contributed by atoms with van der Waals surface area (Å²) in [5.41, 5.74) is -1.57. The zero-order valence-corrected chi connectivity index (χ0v) is 20.1. The Morgan fingerprint density at radius 1 is 1.22 bits per heavy atom. The molecule has 1 atom stereocenters. The summed E-state index contributed by atoms with van der Waals surface area (Å²) in [7, 11) is -3.38. The number of alkyl halides is 3. The summed E-state index contributed by atoms with van der Waals surface area (Å²) in [4.78, 5) is 21.8. The number of ether oxygens (including phenoxy) is 1. The first kappa shape index (κ1) is 25.6. The highest BCUT2D eigenvalue weighted by molar-refractivity contribution is 7.90. The molecule has 0 amide bonds. The number of aromatic amines is 1. The number of sulfone groups is 1. The van der Waals surface area contributed by atoms with Gasteiger partial charge in [0.25, 0.3) is 5.56 Å². The molecule has 194 valence electrons. The van der Waals surface area contributed by atoms with E-state index < -0.39 is 38.9 Å². The first-order chi connectivity index (χ1) is 16.9. The van der Waals surface area contributed by atoms with Crippen LogP contribution in [0.4, 0.5) is 24.8 Å². The second-order valence-electron chi connectivity index (χ2n) is 8.31. The summed E-state index contributed by atoms with van der Waals surface area (Å²) >= 11 is 0. The Labute approximate surface area is 203 Å². The molecule has 1 aliphatic rings. The Hall–Kier alpha value is -3.53. The van der Waals surface area contributed by atoms with Crippen LogP contribution in [0.2, 0.25) is 0 Å². The van der Waals surface area contributed by atoms with Gasteiger partial charge < -0.3 is 15.0 Å². The van der Waals surface area contributed by atoms with E-state index in [4.69, 9.17) is 4.74 Å². The van der Waals surface area contributed by atoms with Gasteiger partial charge in [-0.1, -0.05) is 0 Å². The predicted molar refractivity (Wildman–Crippen MR) is 121 cm³/mol. The van der Waals surface area contributed by atoms with Gasteiger partial charge in [0.15, 0.2) is 9.84 Å². The first-order valence-electron chi connectivity index (χ1n) is 10.7. The van der Waals surface area contributed by atoms with Crippen LogP contribution in [0, 0.1) is 0 Å². The molecule has 0 spiro atoms. The predicted octanol–water partition coefficient (Wildman–Crippen LogP) is 1.22. The van der Waals surface area contributed by atoms with Crippen molar-refractivity contribution < 1.29 is 26.3 Å². The third-order valence-corrected chi connectivity index (χ3v) is 6.40. The number of anilines is 2. The van der Waals surface area contributed by atoms with Gasteiger partial charge in [0.1, 0.15) is 10.5 Å². The largest absolute Gasteiger partial charge is 0.423 e. The van der Waals surface area contributed by atoms with E-state index in [0.29, 0.717) is 31.3 Å². The number of hydrogen-bond acceptors (Lipinski definition) is 10. The summed E-state index contributed by atoms with van der Waals surface area (Å²) < 4.78 is 70.2. The van der Waals surface area contributed by atoms with Crippen LogP contribution in [0.25, 0.3) is 0 Å². The van der Waals surface area contributed by atoms with E-state index in [1.54, 1.807) is 12.0 Å². The molecule has 12 nitrogen and oxygen atoms in total. The number of nitrogens with one attached hydrogen (secondary N) is 2. The van der Waals surface area contributed by atoms with Crippen LogP contribution in [0.5, 0.6) is 0 Å². The van der Waals surface area contributed by atoms with Gasteiger partial charge in [0.05, 0.1) is 62.0 Å². The topological polar surface area (TPSA) is 148 Å². The van der Waals surface area contributed by atoms with Gasteiger partial charge in [-0.25, -0.2) is 23.5 Å².